The molecule has 0 fully saturated rings. The van der Waals surface area contributed by atoms with Crippen molar-refractivity contribution >= 4 is 0 Å². The van der Waals surface area contributed by atoms with Gasteiger partial charge >= 0.3 is 0 Å². The van der Waals surface area contributed by atoms with Crippen molar-refractivity contribution in [1.29, 1.82) is 0 Å². The van der Waals surface area contributed by atoms with Gasteiger partial charge in [-0.3, -0.25) is 4.68 Å². The molecule has 1 N–H and O–H groups in total. The molecule has 0 radical (unpaired) electrons. The molecule has 2 rings (SSSR count). The summed E-state index contributed by atoms with van der Waals surface area (Å²) in [6.45, 7) is 4.64. The number of nitrogens with zero attached hydrogens (tertiary/aromatic N) is 2. The second kappa shape index (κ2) is 4.79. The Kier molecular flexibility index (Phi) is 3.19. The van der Waals surface area contributed by atoms with Crippen molar-refractivity contribution in [3.05, 3.63) is 42.1 Å². The van der Waals surface area contributed by atoms with Crippen molar-refractivity contribution in [2.24, 2.45) is 0 Å². The summed E-state index contributed by atoms with van der Waals surface area (Å²) in [7, 11) is 0. The van der Waals surface area contributed by atoms with Gasteiger partial charge in [-0.15, -0.1) is 0 Å². The Morgan fingerprint density at radius 1 is 1.47 bits per heavy atom. The van der Waals surface area contributed by atoms with Crippen LogP contribution >= 0.6 is 0 Å². The molecule has 2 heterocycles. The van der Waals surface area contributed by atoms with E-state index in [1.165, 1.54) is 5.56 Å². The number of rotatable bonds is 5. The first-order valence-corrected chi connectivity index (χ1v) is 5.06. The molecule has 2 aromatic rings. The number of hydrogen-bond acceptors (Lipinski definition) is 3. The van der Waals surface area contributed by atoms with Gasteiger partial charge in [0.15, 0.2) is 0 Å². The summed E-state index contributed by atoms with van der Waals surface area (Å²) in [5.41, 5.74) is 2.23. The molecule has 0 aliphatic rings. The molecule has 0 amide bonds. The molecule has 80 valence electrons. The van der Waals surface area contributed by atoms with E-state index < -0.39 is 0 Å². The van der Waals surface area contributed by atoms with E-state index >= 15 is 0 Å². The van der Waals surface area contributed by atoms with E-state index in [2.05, 4.69) is 10.4 Å². The Bertz CT molecular complexity index is 392. The highest BCUT2D eigenvalue weighted by Crippen LogP contribution is 1.98. The Labute approximate surface area is 88.9 Å². The van der Waals surface area contributed by atoms with Gasteiger partial charge in [0, 0.05) is 24.8 Å². The summed E-state index contributed by atoms with van der Waals surface area (Å²) in [4.78, 5) is 0. The lowest BCUT2D eigenvalue weighted by Crippen LogP contribution is -2.19. The van der Waals surface area contributed by atoms with Crippen LogP contribution in [-0.4, -0.2) is 16.3 Å². The summed E-state index contributed by atoms with van der Waals surface area (Å²) in [6.07, 6.45) is 5.44. The lowest BCUT2D eigenvalue weighted by atomic mass is 10.3. The van der Waals surface area contributed by atoms with Crippen molar-refractivity contribution in [3.8, 4) is 0 Å². The predicted molar refractivity (Wildman–Crippen MR) is 57.4 cm³/mol. The number of furan rings is 1. The zero-order valence-corrected chi connectivity index (χ0v) is 8.81. The number of aryl methyl sites for hydroxylation is 1. The van der Waals surface area contributed by atoms with Gasteiger partial charge in [0.2, 0.25) is 0 Å². The van der Waals surface area contributed by atoms with Crippen LogP contribution in [-0.2, 0) is 13.1 Å². The van der Waals surface area contributed by atoms with Crippen LogP contribution in [0.2, 0.25) is 0 Å². The van der Waals surface area contributed by atoms with Crippen molar-refractivity contribution < 1.29 is 4.42 Å². The van der Waals surface area contributed by atoms with Crippen molar-refractivity contribution in [1.82, 2.24) is 15.1 Å². The second-order valence-corrected chi connectivity index (χ2v) is 3.53. The first kappa shape index (κ1) is 9.98. The summed E-state index contributed by atoms with van der Waals surface area (Å²) >= 11 is 0. The zero-order valence-electron chi connectivity index (χ0n) is 8.81. The standard InChI is InChI=1S/C11H15N3O/c1-10-2-5-14(13-10)6-4-12-8-11-3-7-15-9-11/h2-3,5,7,9,12H,4,6,8H2,1H3. The maximum atomic E-state index is 4.98. The minimum atomic E-state index is 0.844. The molecule has 0 aliphatic heterocycles. The van der Waals surface area contributed by atoms with Gasteiger partial charge in [0.05, 0.1) is 24.8 Å². The summed E-state index contributed by atoms with van der Waals surface area (Å²) in [5, 5.41) is 7.63. The molecular formula is C11H15N3O. The molecular weight excluding hydrogens is 190 g/mol. The highest BCUT2D eigenvalue weighted by molar-refractivity contribution is 5.04. The number of hydrogen-bond donors (Lipinski definition) is 1. The van der Waals surface area contributed by atoms with Gasteiger partial charge in [-0.25, -0.2) is 0 Å². The Morgan fingerprint density at radius 2 is 2.40 bits per heavy atom. The topological polar surface area (TPSA) is 43.0 Å². The maximum absolute atomic E-state index is 4.98. The van der Waals surface area contributed by atoms with Crippen LogP contribution in [0.1, 0.15) is 11.3 Å². The van der Waals surface area contributed by atoms with E-state index in [0.717, 1.165) is 25.3 Å². The smallest absolute Gasteiger partial charge is 0.0947 e. The fourth-order valence-electron chi connectivity index (χ4n) is 1.41. The molecule has 0 bridgehead atoms. The zero-order chi connectivity index (χ0) is 10.5. The molecule has 0 saturated carbocycles. The van der Waals surface area contributed by atoms with Crippen LogP contribution in [0.5, 0.6) is 0 Å². The lowest BCUT2D eigenvalue weighted by Gasteiger charge is -2.02. The molecule has 0 aliphatic carbocycles. The summed E-state index contributed by atoms with van der Waals surface area (Å²) < 4.78 is 6.92. The van der Waals surface area contributed by atoms with Crippen LogP contribution in [0.15, 0.2) is 35.3 Å². The Hall–Kier alpha value is -1.55. The molecule has 0 aromatic carbocycles. The fraction of sp³-hybridized carbons (Fsp3) is 0.364. The average molecular weight is 205 g/mol. The van der Waals surface area contributed by atoms with E-state index in [1.54, 1.807) is 12.5 Å². The summed E-state index contributed by atoms with van der Waals surface area (Å²) in [5.74, 6) is 0. The quantitative estimate of drug-likeness (QED) is 0.753. The van der Waals surface area contributed by atoms with Gasteiger partial charge < -0.3 is 9.73 Å². The molecule has 0 saturated heterocycles. The monoisotopic (exact) mass is 205 g/mol. The third-order valence-electron chi connectivity index (χ3n) is 2.20. The van der Waals surface area contributed by atoms with Gasteiger partial charge in [-0.1, -0.05) is 0 Å². The Balaban J connectivity index is 1.67. The summed E-state index contributed by atoms with van der Waals surface area (Å²) in [6, 6.07) is 3.97. The molecule has 4 nitrogen and oxygen atoms in total. The highest BCUT2D eigenvalue weighted by Gasteiger charge is 1.95. The molecule has 4 heteroatoms. The van der Waals surface area contributed by atoms with Gasteiger partial charge in [0.25, 0.3) is 0 Å². The average Bonchev–Trinajstić information content (AvgIpc) is 2.84. The maximum Gasteiger partial charge on any atom is 0.0947 e. The van der Waals surface area contributed by atoms with Crippen LogP contribution in [0.3, 0.4) is 0 Å². The van der Waals surface area contributed by atoms with Crippen LogP contribution in [0.25, 0.3) is 0 Å². The molecule has 0 unspecified atom stereocenters. The molecule has 0 spiro atoms. The van der Waals surface area contributed by atoms with Crippen molar-refractivity contribution in [2.45, 2.75) is 20.0 Å². The fourth-order valence-corrected chi connectivity index (χ4v) is 1.41. The van der Waals surface area contributed by atoms with Crippen LogP contribution < -0.4 is 5.32 Å². The van der Waals surface area contributed by atoms with Crippen molar-refractivity contribution in [2.75, 3.05) is 6.54 Å². The van der Waals surface area contributed by atoms with Gasteiger partial charge in [-0.2, -0.15) is 5.10 Å². The number of aromatic nitrogens is 2. The molecule has 2 aromatic heterocycles. The van der Waals surface area contributed by atoms with Crippen LogP contribution in [0, 0.1) is 6.92 Å². The van der Waals surface area contributed by atoms with Crippen LogP contribution in [0.4, 0.5) is 0 Å². The van der Waals surface area contributed by atoms with E-state index in [1.807, 2.05) is 29.9 Å². The lowest BCUT2D eigenvalue weighted by molar-refractivity contribution is 0.541. The SMILES string of the molecule is Cc1ccn(CCNCc2ccoc2)n1. The first-order valence-electron chi connectivity index (χ1n) is 5.06. The normalized spacial score (nSPS) is 10.7. The second-order valence-electron chi connectivity index (χ2n) is 3.53. The van der Waals surface area contributed by atoms with E-state index in [4.69, 9.17) is 4.42 Å². The third-order valence-corrected chi connectivity index (χ3v) is 2.20. The van der Waals surface area contributed by atoms with E-state index in [0.29, 0.717) is 0 Å². The minimum absolute atomic E-state index is 0.844. The molecule has 0 atom stereocenters. The minimum Gasteiger partial charge on any atom is -0.472 e. The predicted octanol–water partition coefficient (Wildman–Crippen LogP) is 1.57. The van der Waals surface area contributed by atoms with Gasteiger partial charge in [0.1, 0.15) is 0 Å². The van der Waals surface area contributed by atoms with Gasteiger partial charge in [-0.05, 0) is 19.1 Å². The third kappa shape index (κ3) is 2.95. The largest absolute Gasteiger partial charge is 0.472 e. The highest BCUT2D eigenvalue weighted by atomic mass is 16.3. The van der Waals surface area contributed by atoms with E-state index in [9.17, 15) is 0 Å². The van der Waals surface area contributed by atoms with Crippen molar-refractivity contribution in [3.63, 3.8) is 0 Å². The molecule has 15 heavy (non-hydrogen) atoms. The van der Waals surface area contributed by atoms with E-state index in [-0.39, 0.29) is 0 Å². The number of nitrogens with one attached hydrogen (secondary N) is 1. The first-order chi connectivity index (χ1) is 7.34. The Morgan fingerprint density at radius 3 is 3.07 bits per heavy atom.